The number of nitrogens with zero attached hydrogens (tertiary/aromatic N) is 2. The second-order valence-corrected chi connectivity index (χ2v) is 4.80. The second kappa shape index (κ2) is 6.92. The molecule has 1 amide bonds. The van der Waals surface area contributed by atoms with Crippen molar-refractivity contribution in [2.24, 2.45) is 0 Å². The second-order valence-electron chi connectivity index (χ2n) is 4.80. The summed E-state index contributed by atoms with van der Waals surface area (Å²) in [6.45, 7) is 8.18. The van der Waals surface area contributed by atoms with E-state index in [9.17, 15) is 4.79 Å². The molecule has 2 rings (SSSR count). The van der Waals surface area contributed by atoms with Crippen LogP contribution >= 0.6 is 0 Å². The van der Waals surface area contributed by atoms with Crippen LogP contribution in [0.15, 0.2) is 30.5 Å². The third-order valence-corrected chi connectivity index (χ3v) is 3.60. The van der Waals surface area contributed by atoms with E-state index in [0.29, 0.717) is 11.4 Å². The highest BCUT2D eigenvalue weighted by molar-refractivity contribution is 6.04. The van der Waals surface area contributed by atoms with Crippen LogP contribution in [0.5, 0.6) is 0 Å². The molecule has 0 spiro atoms. The van der Waals surface area contributed by atoms with E-state index in [1.54, 1.807) is 6.20 Å². The van der Waals surface area contributed by atoms with Crippen LogP contribution in [0, 0.1) is 0 Å². The highest BCUT2D eigenvalue weighted by Crippen LogP contribution is 2.17. The lowest BCUT2D eigenvalue weighted by Gasteiger charge is -2.21. The summed E-state index contributed by atoms with van der Waals surface area (Å²) >= 11 is 0. The summed E-state index contributed by atoms with van der Waals surface area (Å²) in [5, 5.41) is 9.63. The summed E-state index contributed by atoms with van der Waals surface area (Å²) in [4.78, 5) is 14.5. The first-order valence-corrected chi connectivity index (χ1v) is 7.38. The average molecular weight is 286 g/mol. The number of carbonyl (C=O) groups is 1. The molecular formula is C16H22N4O. The summed E-state index contributed by atoms with van der Waals surface area (Å²) in [6, 6.07) is 7.67. The van der Waals surface area contributed by atoms with Crippen molar-refractivity contribution in [3.8, 4) is 0 Å². The highest BCUT2D eigenvalue weighted by Gasteiger charge is 2.10. The molecule has 1 aromatic carbocycles. The molecule has 0 aliphatic carbocycles. The van der Waals surface area contributed by atoms with Crippen LogP contribution in [0.3, 0.4) is 0 Å². The molecule has 5 nitrogen and oxygen atoms in total. The summed E-state index contributed by atoms with van der Waals surface area (Å²) in [6.07, 6.45) is 2.56. The predicted molar refractivity (Wildman–Crippen MR) is 85.9 cm³/mol. The molecule has 1 aromatic heterocycles. The van der Waals surface area contributed by atoms with Crippen molar-refractivity contribution in [1.82, 2.24) is 10.2 Å². The summed E-state index contributed by atoms with van der Waals surface area (Å²) in [5.74, 6) is 0.551. The monoisotopic (exact) mass is 286 g/mol. The number of hydrogen-bond donors (Lipinski definition) is 2. The maximum atomic E-state index is 12.2. The van der Waals surface area contributed by atoms with E-state index in [1.165, 1.54) is 0 Å². The number of rotatable bonds is 6. The van der Waals surface area contributed by atoms with E-state index in [1.807, 2.05) is 31.2 Å². The number of carbonyl (C=O) groups excluding carboxylic acids is 1. The molecule has 0 fully saturated rings. The number of benzene rings is 1. The van der Waals surface area contributed by atoms with E-state index in [2.05, 4.69) is 34.3 Å². The largest absolute Gasteiger partial charge is 0.372 e. The Balaban J connectivity index is 2.10. The fraction of sp³-hybridized carbons (Fsp3) is 0.375. The van der Waals surface area contributed by atoms with Crippen LogP contribution in [0.2, 0.25) is 0 Å². The van der Waals surface area contributed by atoms with Gasteiger partial charge >= 0.3 is 0 Å². The van der Waals surface area contributed by atoms with Crippen LogP contribution in [0.25, 0.3) is 0 Å². The highest BCUT2D eigenvalue weighted by atomic mass is 16.1. The van der Waals surface area contributed by atoms with Crippen LogP contribution in [0.1, 0.15) is 36.7 Å². The van der Waals surface area contributed by atoms with Gasteiger partial charge in [0.2, 0.25) is 0 Å². The smallest absolute Gasteiger partial charge is 0.256 e. The summed E-state index contributed by atoms with van der Waals surface area (Å²) in [5.41, 5.74) is 2.78. The lowest BCUT2D eigenvalue weighted by atomic mass is 10.1. The number of aromatic amines is 1. The summed E-state index contributed by atoms with van der Waals surface area (Å²) < 4.78 is 0. The Hall–Kier alpha value is -2.30. The third-order valence-electron chi connectivity index (χ3n) is 3.60. The molecule has 5 heteroatoms. The van der Waals surface area contributed by atoms with E-state index in [0.717, 1.165) is 30.8 Å². The molecule has 2 aromatic rings. The number of nitrogens with one attached hydrogen (secondary N) is 2. The van der Waals surface area contributed by atoms with Crippen molar-refractivity contribution in [3.63, 3.8) is 0 Å². The number of aromatic nitrogens is 2. The number of aryl methyl sites for hydroxylation is 1. The molecule has 0 aliphatic heterocycles. The van der Waals surface area contributed by atoms with Crippen molar-refractivity contribution in [2.45, 2.75) is 27.2 Å². The molecule has 112 valence electrons. The number of anilines is 2. The molecule has 0 atom stereocenters. The van der Waals surface area contributed by atoms with Crippen molar-refractivity contribution in [1.29, 1.82) is 0 Å². The Morgan fingerprint density at radius 1 is 1.19 bits per heavy atom. The van der Waals surface area contributed by atoms with Gasteiger partial charge in [-0.05, 0) is 44.5 Å². The van der Waals surface area contributed by atoms with Gasteiger partial charge in [0.1, 0.15) is 5.82 Å². The zero-order chi connectivity index (χ0) is 15.2. The van der Waals surface area contributed by atoms with Gasteiger partial charge in [-0.3, -0.25) is 9.89 Å². The molecule has 0 saturated heterocycles. The molecule has 0 radical (unpaired) electrons. The van der Waals surface area contributed by atoms with E-state index < -0.39 is 0 Å². The van der Waals surface area contributed by atoms with Crippen molar-refractivity contribution < 1.29 is 4.79 Å². The molecule has 0 bridgehead atoms. The molecule has 0 unspecified atom stereocenters. The van der Waals surface area contributed by atoms with Crippen LogP contribution in [0.4, 0.5) is 11.5 Å². The van der Waals surface area contributed by atoms with Gasteiger partial charge < -0.3 is 10.2 Å². The van der Waals surface area contributed by atoms with Crippen LogP contribution in [-0.4, -0.2) is 29.2 Å². The SMILES string of the molecule is CCc1cn[nH]c1NC(=O)c1ccc(N(CC)CC)cc1. The molecule has 0 saturated carbocycles. The first-order chi connectivity index (χ1) is 10.2. The normalized spacial score (nSPS) is 10.4. The number of amides is 1. The molecule has 0 aliphatic rings. The van der Waals surface area contributed by atoms with Crippen LogP contribution < -0.4 is 10.2 Å². The predicted octanol–water partition coefficient (Wildman–Crippen LogP) is 3.07. The fourth-order valence-corrected chi connectivity index (χ4v) is 2.29. The van der Waals surface area contributed by atoms with Gasteiger partial charge in [0, 0.05) is 29.9 Å². The number of H-pyrrole nitrogens is 1. The molecule has 21 heavy (non-hydrogen) atoms. The first-order valence-electron chi connectivity index (χ1n) is 7.38. The lowest BCUT2D eigenvalue weighted by Crippen LogP contribution is -2.22. The van der Waals surface area contributed by atoms with Crippen LogP contribution in [-0.2, 0) is 6.42 Å². The quantitative estimate of drug-likeness (QED) is 0.858. The van der Waals surface area contributed by atoms with E-state index >= 15 is 0 Å². The Bertz CT molecular complexity index is 585. The van der Waals surface area contributed by atoms with Crippen molar-refractivity contribution >= 4 is 17.4 Å². The van der Waals surface area contributed by atoms with Crippen molar-refractivity contribution in [3.05, 3.63) is 41.6 Å². The topological polar surface area (TPSA) is 61.0 Å². The third kappa shape index (κ3) is 3.42. The van der Waals surface area contributed by atoms with Gasteiger partial charge in [-0.15, -0.1) is 0 Å². The Kier molecular flexibility index (Phi) is 4.98. The lowest BCUT2D eigenvalue weighted by molar-refractivity contribution is 0.102. The van der Waals surface area contributed by atoms with Crippen molar-refractivity contribution in [2.75, 3.05) is 23.3 Å². The molecule has 1 heterocycles. The minimum absolute atomic E-state index is 0.125. The number of hydrogen-bond acceptors (Lipinski definition) is 3. The Labute approximate surface area is 125 Å². The maximum Gasteiger partial charge on any atom is 0.256 e. The van der Waals surface area contributed by atoms with E-state index in [4.69, 9.17) is 0 Å². The molecular weight excluding hydrogens is 264 g/mol. The minimum Gasteiger partial charge on any atom is -0.372 e. The first kappa shape index (κ1) is 15.1. The van der Waals surface area contributed by atoms with Gasteiger partial charge in [0.25, 0.3) is 5.91 Å². The fourth-order valence-electron chi connectivity index (χ4n) is 2.29. The van der Waals surface area contributed by atoms with Gasteiger partial charge in [-0.25, -0.2) is 0 Å². The average Bonchev–Trinajstić information content (AvgIpc) is 2.96. The Morgan fingerprint density at radius 2 is 1.86 bits per heavy atom. The molecule has 2 N–H and O–H groups in total. The zero-order valence-corrected chi connectivity index (χ0v) is 12.8. The summed E-state index contributed by atoms with van der Waals surface area (Å²) in [7, 11) is 0. The van der Waals surface area contributed by atoms with Gasteiger partial charge in [0.05, 0.1) is 6.20 Å². The van der Waals surface area contributed by atoms with Gasteiger partial charge in [-0.2, -0.15) is 5.10 Å². The standard InChI is InChI=1S/C16H22N4O/c1-4-12-11-17-19-15(12)18-16(21)13-7-9-14(10-8-13)20(5-2)6-3/h7-11H,4-6H2,1-3H3,(H2,17,18,19,21). The maximum absolute atomic E-state index is 12.2. The van der Waals surface area contributed by atoms with Gasteiger partial charge in [-0.1, -0.05) is 6.92 Å². The Morgan fingerprint density at radius 3 is 2.43 bits per heavy atom. The minimum atomic E-state index is -0.125. The van der Waals surface area contributed by atoms with Gasteiger partial charge in [0.15, 0.2) is 0 Å². The zero-order valence-electron chi connectivity index (χ0n) is 12.8. The van der Waals surface area contributed by atoms with E-state index in [-0.39, 0.29) is 5.91 Å².